The van der Waals surface area contributed by atoms with Crippen LogP contribution in [0.25, 0.3) is 0 Å². The molecule has 1 unspecified atom stereocenters. The summed E-state index contributed by atoms with van der Waals surface area (Å²) in [4.78, 5) is 26.7. The standard InChI is InChI=1S/C23H35N2O6P/c1-25-17-13-14-19(25)22(23(27)24-15-9-5-8-12-21(26)29-2)20(16-17)31-32(28,30-3)18-10-6-4-7-11-18/h4,6-7,10-11,17,19-20,22H,5,8-9,12-16H2,1-3H3,(H,24,27)/t17-,19+,20-,22+,32?/m0/s1. The number of unbranched alkanes of at least 4 members (excludes halogenated alkanes) is 2. The molecule has 0 aliphatic carbocycles. The number of nitrogens with one attached hydrogen (secondary N) is 1. The summed E-state index contributed by atoms with van der Waals surface area (Å²) < 4.78 is 29.7. The van der Waals surface area contributed by atoms with Crippen molar-refractivity contribution in [1.29, 1.82) is 0 Å². The van der Waals surface area contributed by atoms with Gasteiger partial charge in [0, 0.05) is 32.2 Å². The molecule has 2 bridgehead atoms. The minimum atomic E-state index is -3.54. The van der Waals surface area contributed by atoms with Gasteiger partial charge < -0.3 is 19.1 Å². The van der Waals surface area contributed by atoms with E-state index in [4.69, 9.17) is 9.05 Å². The third kappa shape index (κ3) is 5.79. The highest BCUT2D eigenvalue weighted by Crippen LogP contribution is 2.51. The lowest BCUT2D eigenvalue weighted by Crippen LogP contribution is -2.55. The molecule has 1 aromatic rings. The predicted molar refractivity (Wildman–Crippen MR) is 122 cm³/mol. The predicted octanol–water partition coefficient (Wildman–Crippen LogP) is 2.87. The highest BCUT2D eigenvalue weighted by Gasteiger charge is 2.51. The number of benzene rings is 1. The van der Waals surface area contributed by atoms with Crippen molar-refractivity contribution in [2.75, 3.05) is 27.8 Å². The van der Waals surface area contributed by atoms with Gasteiger partial charge in [-0.05, 0) is 51.3 Å². The number of methoxy groups -OCH3 is 1. The maximum absolute atomic E-state index is 13.5. The number of amides is 1. The number of fused-ring (bicyclic) bond motifs is 2. The Hall–Kier alpha value is -1.73. The van der Waals surface area contributed by atoms with E-state index in [0.29, 0.717) is 30.7 Å². The van der Waals surface area contributed by atoms with Gasteiger partial charge in [0.15, 0.2) is 0 Å². The second-order valence-corrected chi connectivity index (χ2v) is 10.7. The number of hydrogen-bond acceptors (Lipinski definition) is 7. The van der Waals surface area contributed by atoms with Gasteiger partial charge in [0.1, 0.15) is 0 Å². The van der Waals surface area contributed by atoms with Crippen LogP contribution in [0.1, 0.15) is 44.9 Å². The molecule has 9 heteroatoms. The Morgan fingerprint density at radius 2 is 1.88 bits per heavy atom. The van der Waals surface area contributed by atoms with Crippen LogP contribution in [-0.2, 0) is 27.9 Å². The van der Waals surface area contributed by atoms with E-state index in [9.17, 15) is 14.2 Å². The number of ether oxygens (including phenoxy) is 1. The zero-order chi connectivity index (χ0) is 23.1. The fraction of sp³-hybridized carbons (Fsp3) is 0.652. The Kier molecular flexibility index (Phi) is 8.88. The Morgan fingerprint density at radius 3 is 2.56 bits per heavy atom. The lowest BCUT2D eigenvalue weighted by atomic mass is 9.87. The second kappa shape index (κ2) is 11.4. The van der Waals surface area contributed by atoms with E-state index in [2.05, 4.69) is 22.0 Å². The summed E-state index contributed by atoms with van der Waals surface area (Å²) in [6, 6.07) is 9.28. The SMILES string of the molecule is COC(=O)CCCCCNC(=O)[C@H]1[C@@H](OP(=O)(OC)c2ccccc2)C[C@@H]2CC[C@H]1N2C. The molecule has 0 radical (unpaired) electrons. The number of hydrogen-bond donors (Lipinski definition) is 1. The highest BCUT2D eigenvalue weighted by atomic mass is 31.2. The molecule has 0 spiro atoms. The van der Waals surface area contributed by atoms with Gasteiger partial charge in [-0.15, -0.1) is 0 Å². The summed E-state index contributed by atoms with van der Waals surface area (Å²) in [5.41, 5.74) is 0. The van der Waals surface area contributed by atoms with E-state index < -0.39 is 19.6 Å². The average Bonchev–Trinajstić information content (AvgIpc) is 3.04. The molecule has 1 amide bonds. The van der Waals surface area contributed by atoms with Crippen LogP contribution >= 0.6 is 7.60 Å². The van der Waals surface area contributed by atoms with Crippen molar-refractivity contribution in [2.24, 2.45) is 5.92 Å². The summed E-state index contributed by atoms with van der Waals surface area (Å²) >= 11 is 0. The molecule has 2 aliphatic rings. The van der Waals surface area contributed by atoms with Crippen LogP contribution in [0.5, 0.6) is 0 Å². The maximum Gasteiger partial charge on any atom is 0.361 e. The lowest BCUT2D eigenvalue weighted by molar-refractivity contribution is -0.140. The summed E-state index contributed by atoms with van der Waals surface area (Å²) in [6.45, 7) is 0.531. The first-order valence-corrected chi connectivity index (χ1v) is 12.9. The monoisotopic (exact) mass is 466 g/mol. The minimum Gasteiger partial charge on any atom is -0.469 e. The number of piperidine rings is 1. The summed E-state index contributed by atoms with van der Waals surface area (Å²) in [5.74, 6) is -0.701. The van der Waals surface area contributed by atoms with E-state index in [1.54, 1.807) is 24.3 Å². The molecule has 2 heterocycles. The van der Waals surface area contributed by atoms with Crippen LogP contribution in [0.3, 0.4) is 0 Å². The molecule has 0 aromatic heterocycles. The van der Waals surface area contributed by atoms with Gasteiger partial charge in [-0.3, -0.25) is 19.1 Å². The number of carbonyl (C=O) groups is 2. The maximum atomic E-state index is 13.5. The normalized spacial score (nSPS) is 27.0. The third-order valence-electron chi connectivity index (χ3n) is 6.69. The van der Waals surface area contributed by atoms with Crippen molar-refractivity contribution in [3.63, 3.8) is 0 Å². The number of esters is 1. The zero-order valence-electron chi connectivity index (χ0n) is 19.2. The second-order valence-electron chi connectivity index (χ2n) is 8.56. The van der Waals surface area contributed by atoms with E-state index in [-0.39, 0.29) is 17.9 Å². The van der Waals surface area contributed by atoms with Crippen molar-refractivity contribution in [1.82, 2.24) is 10.2 Å². The van der Waals surface area contributed by atoms with Gasteiger partial charge in [-0.1, -0.05) is 24.6 Å². The Labute approximate surface area is 190 Å². The molecule has 2 aliphatic heterocycles. The fourth-order valence-corrected chi connectivity index (χ4v) is 6.40. The van der Waals surface area contributed by atoms with Gasteiger partial charge in [0.25, 0.3) is 0 Å². The molecular weight excluding hydrogens is 431 g/mol. The van der Waals surface area contributed by atoms with Crippen molar-refractivity contribution in [2.45, 2.75) is 63.1 Å². The smallest absolute Gasteiger partial charge is 0.361 e. The van der Waals surface area contributed by atoms with Crippen molar-refractivity contribution in [3.05, 3.63) is 30.3 Å². The fourth-order valence-electron chi connectivity index (χ4n) is 4.87. The van der Waals surface area contributed by atoms with Crippen LogP contribution in [0.4, 0.5) is 0 Å². The number of carbonyl (C=O) groups excluding carboxylic acids is 2. The third-order valence-corrected chi connectivity index (χ3v) is 8.65. The van der Waals surface area contributed by atoms with E-state index in [0.717, 1.165) is 32.1 Å². The van der Waals surface area contributed by atoms with Crippen LogP contribution in [0.15, 0.2) is 30.3 Å². The quantitative estimate of drug-likeness (QED) is 0.304. The Balaban J connectivity index is 1.64. The first-order chi connectivity index (χ1) is 15.4. The average molecular weight is 467 g/mol. The van der Waals surface area contributed by atoms with Crippen LogP contribution in [0, 0.1) is 5.92 Å². The molecule has 178 valence electrons. The van der Waals surface area contributed by atoms with Gasteiger partial charge in [-0.25, -0.2) is 0 Å². The molecule has 32 heavy (non-hydrogen) atoms. The number of rotatable bonds is 11. The van der Waals surface area contributed by atoms with E-state index in [1.807, 2.05) is 6.07 Å². The molecule has 3 rings (SSSR count). The molecule has 1 N–H and O–H groups in total. The van der Waals surface area contributed by atoms with Gasteiger partial charge >= 0.3 is 13.6 Å². The molecular formula is C23H35N2O6P. The van der Waals surface area contributed by atoms with Gasteiger partial charge in [0.05, 0.1) is 24.4 Å². The van der Waals surface area contributed by atoms with Crippen LogP contribution in [0.2, 0.25) is 0 Å². The first kappa shape index (κ1) is 24.9. The van der Waals surface area contributed by atoms with E-state index in [1.165, 1.54) is 14.2 Å². The summed E-state index contributed by atoms with van der Waals surface area (Å²) in [7, 11) is 1.29. The first-order valence-electron chi connectivity index (χ1n) is 11.4. The molecule has 0 saturated carbocycles. The molecule has 1 aromatic carbocycles. The van der Waals surface area contributed by atoms with Gasteiger partial charge in [-0.2, -0.15) is 0 Å². The highest BCUT2D eigenvalue weighted by molar-refractivity contribution is 7.62. The topological polar surface area (TPSA) is 94.2 Å². The van der Waals surface area contributed by atoms with Crippen molar-refractivity contribution < 1.29 is 27.9 Å². The minimum absolute atomic E-state index is 0.0548. The van der Waals surface area contributed by atoms with Crippen LogP contribution < -0.4 is 10.6 Å². The Bertz CT molecular complexity index is 820. The summed E-state index contributed by atoms with van der Waals surface area (Å²) in [5, 5.41) is 3.54. The van der Waals surface area contributed by atoms with Crippen molar-refractivity contribution in [3.8, 4) is 0 Å². The summed E-state index contributed by atoms with van der Waals surface area (Å²) in [6.07, 6.45) is 4.82. The molecule has 2 fully saturated rings. The van der Waals surface area contributed by atoms with Gasteiger partial charge in [0.2, 0.25) is 5.91 Å². The van der Waals surface area contributed by atoms with Crippen molar-refractivity contribution >= 4 is 24.8 Å². The number of nitrogens with zero attached hydrogens (tertiary/aromatic N) is 1. The van der Waals surface area contributed by atoms with E-state index >= 15 is 0 Å². The van der Waals surface area contributed by atoms with Crippen LogP contribution in [-0.4, -0.2) is 62.8 Å². The lowest BCUT2D eigenvalue weighted by Gasteiger charge is -2.42. The molecule has 5 atom stereocenters. The Morgan fingerprint density at radius 1 is 1.12 bits per heavy atom. The molecule has 2 saturated heterocycles. The largest absolute Gasteiger partial charge is 0.469 e. The zero-order valence-corrected chi connectivity index (χ0v) is 20.1. The molecule has 8 nitrogen and oxygen atoms in total.